The van der Waals surface area contributed by atoms with E-state index in [1.165, 1.54) is 23.5 Å². The topological polar surface area (TPSA) is 137 Å². The molecule has 4 rings (SSSR count). The van der Waals surface area contributed by atoms with E-state index in [1.54, 1.807) is 49.2 Å². The van der Waals surface area contributed by atoms with Gasteiger partial charge in [0, 0.05) is 37.6 Å². The molecule has 0 unspecified atom stereocenters. The molecule has 0 saturated carbocycles. The standard InChI is InChI=1S/C28H32N6O5/c1-18-15-34(19(2)17-35)27(37)21-10-7-11-22(32-26(36)23-14-29-12-13-30-23)25(21)39-24(18)16-33(3)28(38)31-20-8-5-4-6-9-20/h4-14,18-19,24,35H,15-17H2,1-3H3,(H,31,38)(H,32,36)/t18-,19+,24-/m0/s1. The average molecular weight is 533 g/mol. The second kappa shape index (κ2) is 12.4. The van der Waals surface area contributed by atoms with Crippen molar-refractivity contribution in [3.8, 4) is 5.75 Å². The number of carbonyl (C=O) groups excluding carboxylic acids is 3. The molecular formula is C28H32N6O5. The number of nitrogens with one attached hydrogen (secondary N) is 2. The van der Waals surface area contributed by atoms with Crippen LogP contribution < -0.4 is 15.4 Å². The van der Waals surface area contributed by atoms with Crippen LogP contribution in [0.15, 0.2) is 67.1 Å². The quantitative estimate of drug-likeness (QED) is 0.425. The highest BCUT2D eigenvalue weighted by molar-refractivity contribution is 6.06. The predicted molar refractivity (Wildman–Crippen MR) is 146 cm³/mol. The zero-order valence-electron chi connectivity index (χ0n) is 22.1. The second-order valence-corrected chi connectivity index (χ2v) is 9.53. The van der Waals surface area contributed by atoms with Gasteiger partial charge in [-0.1, -0.05) is 31.2 Å². The van der Waals surface area contributed by atoms with Crippen LogP contribution in [0.1, 0.15) is 34.7 Å². The van der Waals surface area contributed by atoms with Gasteiger partial charge in [-0.3, -0.25) is 14.6 Å². The summed E-state index contributed by atoms with van der Waals surface area (Å²) < 4.78 is 6.44. The van der Waals surface area contributed by atoms with E-state index in [9.17, 15) is 19.5 Å². The molecule has 0 saturated heterocycles. The van der Waals surface area contributed by atoms with E-state index in [2.05, 4.69) is 20.6 Å². The van der Waals surface area contributed by atoms with E-state index >= 15 is 0 Å². The van der Waals surface area contributed by atoms with Crippen molar-refractivity contribution in [3.63, 3.8) is 0 Å². The van der Waals surface area contributed by atoms with E-state index in [0.29, 0.717) is 12.2 Å². The Morgan fingerprint density at radius 1 is 1.15 bits per heavy atom. The number of benzene rings is 2. The molecule has 39 heavy (non-hydrogen) atoms. The molecule has 3 N–H and O–H groups in total. The highest BCUT2D eigenvalue weighted by Gasteiger charge is 2.35. The van der Waals surface area contributed by atoms with Crippen molar-refractivity contribution in [2.45, 2.75) is 26.0 Å². The van der Waals surface area contributed by atoms with E-state index in [0.717, 1.165) is 0 Å². The van der Waals surface area contributed by atoms with Crippen molar-refractivity contribution in [2.75, 3.05) is 37.4 Å². The summed E-state index contributed by atoms with van der Waals surface area (Å²) in [6.45, 7) is 3.96. The molecule has 3 atom stereocenters. The van der Waals surface area contributed by atoms with Crippen molar-refractivity contribution in [1.29, 1.82) is 0 Å². The number of fused-ring (bicyclic) bond motifs is 1. The van der Waals surface area contributed by atoms with Gasteiger partial charge in [0.15, 0.2) is 5.75 Å². The third-order valence-corrected chi connectivity index (χ3v) is 6.56. The van der Waals surface area contributed by atoms with Gasteiger partial charge in [0.05, 0.1) is 36.6 Å². The van der Waals surface area contributed by atoms with Crippen LogP contribution in [0.3, 0.4) is 0 Å². The zero-order valence-corrected chi connectivity index (χ0v) is 22.1. The van der Waals surface area contributed by atoms with Crippen molar-refractivity contribution in [1.82, 2.24) is 19.8 Å². The van der Waals surface area contributed by atoms with Crippen LogP contribution in [0.4, 0.5) is 16.2 Å². The van der Waals surface area contributed by atoms with Gasteiger partial charge in [-0.05, 0) is 31.2 Å². The van der Waals surface area contributed by atoms with E-state index < -0.39 is 18.1 Å². The molecule has 0 radical (unpaired) electrons. The molecule has 1 aliphatic heterocycles. The summed E-state index contributed by atoms with van der Waals surface area (Å²) in [6, 6.07) is 13.2. The fourth-order valence-electron chi connectivity index (χ4n) is 4.26. The van der Waals surface area contributed by atoms with Crippen LogP contribution in [0.5, 0.6) is 5.75 Å². The highest BCUT2D eigenvalue weighted by atomic mass is 16.5. The molecule has 11 nitrogen and oxygen atoms in total. The first-order valence-corrected chi connectivity index (χ1v) is 12.6. The number of hydrogen-bond acceptors (Lipinski definition) is 7. The molecule has 2 heterocycles. The number of hydrogen-bond donors (Lipinski definition) is 3. The van der Waals surface area contributed by atoms with Crippen molar-refractivity contribution < 1.29 is 24.2 Å². The monoisotopic (exact) mass is 532 g/mol. The first-order valence-electron chi connectivity index (χ1n) is 12.6. The Balaban J connectivity index is 1.65. The normalized spacial score (nSPS) is 17.6. The largest absolute Gasteiger partial charge is 0.485 e. The number of anilines is 2. The maximum Gasteiger partial charge on any atom is 0.321 e. The maximum atomic E-state index is 13.6. The molecule has 1 aliphatic rings. The highest BCUT2D eigenvalue weighted by Crippen LogP contribution is 2.35. The molecule has 11 heteroatoms. The summed E-state index contributed by atoms with van der Waals surface area (Å²) in [4.78, 5) is 50.5. The first kappa shape index (κ1) is 27.5. The Hall–Kier alpha value is -4.51. The van der Waals surface area contributed by atoms with Gasteiger partial charge >= 0.3 is 6.03 Å². The van der Waals surface area contributed by atoms with Crippen LogP contribution in [0, 0.1) is 5.92 Å². The maximum absolute atomic E-state index is 13.6. The third kappa shape index (κ3) is 6.50. The molecule has 204 valence electrons. The van der Waals surface area contributed by atoms with Gasteiger partial charge in [0.2, 0.25) is 0 Å². The number of aliphatic hydroxyl groups is 1. The summed E-state index contributed by atoms with van der Waals surface area (Å²) in [5.41, 5.74) is 1.28. The van der Waals surface area contributed by atoms with E-state index in [4.69, 9.17) is 4.74 Å². The first-order chi connectivity index (χ1) is 18.8. The third-order valence-electron chi connectivity index (χ3n) is 6.56. The molecular weight excluding hydrogens is 500 g/mol. The van der Waals surface area contributed by atoms with Gasteiger partial charge in [-0.25, -0.2) is 9.78 Å². The lowest BCUT2D eigenvalue weighted by Crippen LogP contribution is -2.50. The molecule has 0 spiro atoms. The minimum atomic E-state index is -0.550. The Kier molecular flexibility index (Phi) is 8.72. The number of amides is 4. The molecule has 0 fully saturated rings. The van der Waals surface area contributed by atoms with Gasteiger partial charge in [-0.2, -0.15) is 0 Å². The van der Waals surface area contributed by atoms with Gasteiger partial charge < -0.3 is 30.3 Å². The second-order valence-electron chi connectivity index (χ2n) is 9.53. The fourth-order valence-corrected chi connectivity index (χ4v) is 4.26. The molecule has 1 aromatic heterocycles. The molecule has 0 aliphatic carbocycles. The molecule has 3 aromatic rings. The Morgan fingerprint density at radius 3 is 2.62 bits per heavy atom. The Morgan fingerprint density at radius 2 is 1.92 bits per heavy atom. The van der Waals surface area contributed by atoms with Crippen LogP contribution >= 0.6 is 0 Å². The number of para-hydroxylation sites is 2. The number of rotatable bonds is 7. The number of nitrogens with zero attached hydrogens (tertiary/aromatic N) is 4. The molecule has 4 amide bonds. The summed E-state index contributed by atoms with van der Waals surface area (Å²) in [7, 11) is 1.66. The number of ether oxygens (including phenoxy) is 1. The summed E-state index contributed by atoms with van der Waals surface area (Å²) in [5.74, 6) is -0.892. The van der Waals surface area contributed by atoms with Crippen LogP contribution in [-0.4, -0.2) is 81.6 Å². The lowest BCUT2D eigenvalue weighted by Gasteiger charge is -2.38. The minimum Gasteiger partial charge on any atom is -0.485 e. The minimum absolute atomic E-state index is 0.102. The number of urea groups is 1. The van der Waals surface area contributed by atoms with Crippen molar-refractivity contribution in [2.24, 2.45) is 5.92 Å². The summed E-state index contributed by atoms with van der Waals surface area (Å²) >= 11 is 0. The Bertz CT molecular complexity index is 1310. The fraction of sp³-hybridized carbons (Fsp3) is 0.321. The summed E-state index contributed by atoms with van der Waals surface area (Å²) in [5, 5.41) is 15.5. The van der Waals surface area contributed by atoms with Crippen molar-refractivity contribution >= 4 is 29.2 Å². The SMILES string of the molecule is C[C@H](CO)N1C[C@H](C)[C@H](CN(C)C(=O)Nc2ccccc2)Oc2c(NC(=O)c3cnccn3)cccc2C1=O. The van der Waals surface area contributed by atoms with Gasteiger partial charge in [0.25, 0.3) is 11.8 Å². The van der Waals surface area contributed by atoms with Crippen molar-refractivity contribution in [3.05, 3.63) is 78.4 Å². The summed E-state index contributed by atoms with van der Waals surface area (Å²) in [6.07, 6.45) is 3.66. The van der Waals surface area contributed by atoms with Gasteiger partial charge in [0.1, 0.15) is 11.8 Å². The Labute approximate surface area is 226 Å². The zero-order chi connectivity index (χ0) is 27.9. The molecule has 0 bridgehead atoms. The smallest absolute Gasteiger partial charge is 0.321 e. The van der Waals surface area contributed by atoms with Crippen LogP contribution in [0.2, 0.25) is 0 Å². The number of aromatic nitrogens is 2. The average Bonchev–Trinajstić information content (AvgIpc) is 2.95. The van der Waals surface area contributed by atoms with Gasteiger partial charge in [-0.15, -0.1) is 0 Å². The van der Waals surface area contributed by atoms with Crippen LogP contribution in [-0.2, 0) is 0 Å². The number of carbonyl (C=O) groups is 3. The van der Waals surface area contributed by atoms with Crippen LogP contribution in [0.25, 0.3) is 0 Å². The predicted octanol–water partition coefficient (Wildman–Crippen LogP) is 3.11. The lowest BCUT2D eigenvalue weighted by atomic mass is 9.99. The number of likely N-dealkylation sites (N-methyl/N-ethyl adjacent to an activating group) is 1. The van der Waals surface area contributed by atoms with E-state index in [1.807, 2.05) is 25.1 Å². The number of aliphatic hydroxyl groups excluding tert-OH is 1. The lowest BCUT2D eigenvalue weighted by molar-refractivity contribution is 0.0372. The van der Waals surface area contributed by atoms with E-state index in [-0.39, 0.29) is 53.7 Å². The molecule has 2 aromatic carbocycles.